The predicted molar refractivity (Wildman–Crippen MR) is 69.5 cm³/mol. The lowest BCUT2D eigenvalue weighted by Crippen LogP contribution is -2.07. The summed E-state index contributed by atoms with van der Waals surface area (Å²) < 4.78 is 44.1. The zero-order valence-corrected chi connectivity index (χ0v) is 11.5. The van der Waals surface area contributed by atoms with E-state index in [2.05, 4.69) is 19.9 Å². The molecule has 0 atom stereocenters. The van der Waals surface area contributed by atoms with E-state index in [0.29, 0.717) is 4.83 Å². The van der Waals surface area contributed by atoms with E-state index >= 15 is 0 Å². The van der Waals surface area contributed by atoms with Crippen LogP contribution < -0.4 is 4.74 Å². The Kier molecular flexibility index (Phi) is 3.38. The van der Waals surface area contributed by atoms with Crippen LogP contribution in [0.15, 0.2) is 24.8 Å². The predicted octanol–water partition coefficient (Wildman–Crippen LogP) is 3.95. The third-order valence-electron chi connectivity index (χ3n) is 2.43. The van der Waals surface area contributed by atoms with Crippen molar-refractivity contribution in [2.45, 2.75) is 6.18 Å². The number of fused-ring (bicyclic) bond motifs is 1. The van der Waals surface area contributed by atoms with Crippen LogP contribution >= 0.6 is 22.9 Å². The van der Waals surface area contributed by atoms with Crippen LogP contribution in [0, 0.1) is 0 Å². The Morgan fingerprint density at radius 2 is 2.05 bits per heavy atom. The lowest BCUT2D eigenvalue weighted by molar-refractivity contribution is -0.138. The summed E-state index contributed by atoms with van der Waals surface area (Å²) >= 11 is 6.83. The van der Waals surface area contributed by atoms with Gasteiger partial charge in [0, 0.05) is 6.20 Å². The van der Waals surface area contributed by atoms with E-state index in [-0.39, 0.29) is 15.9 Å². The van der Waals surface area contributed by atoms with E-state index in [4.69, 9.17) is 16.3 Å². The molecule has 3 heterocycles. The number of hydrogen-bond donors (Lipinski definition) is 0. The van der Waals surface area contributed by atoms with Gasteiger partial charge in [0.1, 0.15) is 11.9 Å². The molecule has 10 heteroatoms. The molecule has 0 aliphatic rings. The minimum Gasteiger partial charge on any atom is -0.435 e. The molecule has 0 unspecified atom stereocenters. The first-order valence-electron chi connectivity index (χ1n) is 5.41. The molecule has 0 saturated heterocycles. The van der Waals surface area contributed by atoms with Crippen LogP contribution in [0.4, 0.5) is 13.2 Å². The molecule has 108 valence electrons. The smallest absolute Gasteiger partial charge is 0.420 e. The molecule has 5 nitrogen and oxygen atoms in total. The molecule has 0 N–H and O–H groups in total. The fourth-order valence-electron chi connectivity index (χ4n) is 1.58. The van der Waals surface area contributed by atoms with Crippen LogP contribution in [0.3, 0.4) is 0 Å². The van der Waals surface area contributed by atoms with Gasteiger partial charge in [-0.3, -0.25) is 4.98 Å². The van der Waals surface area contributed by atoms with E-state index in [0.717, 1.165) is 36.1 Å². The van der Waals surface area contributed by atoms with Crippen molar-refractivity contribution in [3.8, 4) is 11.6 Å². The van der Waals surface area contributed by atoms with Crippen molar-refractivity contribution in [2.75, 3.05) is 0 Å². The Labute approximate surface area is 124 Å². The fourth-order valence-corrected chi connectivity index (χ4v) is 2.51. The van der Waals surface area contributed by atoms with Gasteiger partial charge in [0.2, 0.25) is 5.88 Å². The number of hydrogen-bond acceptors (Lipinski definition) is 6. The number of ether oxygens (including phenoxy) is 1. The Morgan fingerprint density at radius 3 is 2.81 bits per heavy atom. The van der Waals surface area contributed by atoms with Crippen molar-refractivity contribution < 1.29 is 17.9 Å². The van der Waals surface area contributed by atoms with Gasteiger partial charge in [0.15, 0.2) is 20.6 Å². The molecule has 0 aliphatic heterocycles. The molecule has 21 heavy (non-hydrogen) atoms. The summed E-state index contributed by atoms with van der Waals surface area (Å²) in [5.74, 6) is -0.573. The van der Waals surface area contributed by atoms with Gasteiger partial charge in [0.05, 0.1) is 6.20 Å². The third-order valence-corrected chi connectivity index (χ3v) is 3.50. The maximum absolute atomic E-state index is 12.9. The fraction of sp³-hybridized carbons (Fsp3) is 0.0909. The molecule has 0 bridgehead atoms. The van der Waals surface area contributed by atoms with Gasteiger partial charge in [0.25, 0.3) is 0 Å². The highest BCUT2D eigenvalue weighted by atomic mass is 35.5. The van der Waals surface area contributed by atoms with Crippen LogP contribution in [0.1, 0.15) is 5.56 Å². The summed E-state index contributed by atoms with van der Waals surface area (Å²) in [6, 6.07) is 0.821. The van der Waals surface area contributed by atoms with Crippen LogP contribution in [-0.4, -0.2) is 19.9 Å². The van der Waals surface area contributed by atoms with Gasteiger partial charge < -0.3 is 4.74 Å². The van der Waals surface area contributed by atoms with E-state index in [1.165, 1.54) is 0 Å². The highest BCUT2D eigenvalue weighted by Crippen LogP contribution is 2.38. The Morgan fingerprint density at radius 1 is 1.24 bits per heavy atom. The average Bonchev–Trinajstić information content (AvgIpc) is 2.79. The lowest BCUT2D eigenvalue weighted by atomic mass is 10.2. The zero-order chi connectivity index (χ0) is 15.0. The zero-order valence-electron chi connectivity index (χ0n) is 9.93. The van der Waals surface area contributed by atoms with Gasteiger partial charge in [-0.05, 0) is 6.07 Å². The van der Waals surface area contributed by atoms with E-state index in [9.17, 15) is 13.2 Å². The van der Waals surface area contributed by atoms with Crippen molar-refractivity contribution >= 4 is 33.3 Å². The summed E-state index contributed by atoms with van der Waals surface area (Å²) in [4.78, 5) is 15.7. The molecule has 0 aliphatic carbocycles. The van der Waals surface area contributed by atoms with Gasteiger partial charge in [-0.15, -0.1) is 0 Å². The number of alkyl halides is 3. The topological polar surface area (TPSA) is 60.8 Å². The highest BCUT2D eigenvalue weighted by Gasteiger charge is 2.34. The number of halogens is 4. The number of pyridine rings is 1. The molecular weight excluding hydrogens is 329 g/mol. The van der Waals surface area contributed by atoms with Gasteiger partial charge in [-0.1, -0.05) is 22.9 Å². The van der Waals surface area contributed by atoms with Crippen molar-refractivity contribution in [1.82, 2.24) is 19.9 Å². The SMILES string of the molecule is FC(F)(F)c1ccncc1Oc1ncnc2sc(Cl)nc12. The molecule has 0 radical (unpaired) electrons. The minimum atomic E-state index is -4.57. The number of thiazole rings is 1. The largest absolute Gasteiger partial charge is 0.435 e. The first kappa shape index (κ1) is 14.0. The van der Waals surface area contributed by atoms with Crippen molar-refractivity contribution in [3.05, 3.63) is 34.8 Å². The van der Waals surface area contributed by atoms with E-state index in [1.807, 2.05) is 0 Å². The average molecular weight is 333 g/mol. The standard InChI is InChI=1S/C11H4ClF3N4OS/c12-10-19-7-8(17-4-18-9(7)21-10)20-6-3-16-2-1-5(6)11(13,14)15/h1-4H. The van der Waals surface area contributed by atoms with Crippen LogP contribution in [-0.2, 0) is 6.18 Å². The molecule has 3 rings (SSSR count). The summed E-state index contributed by atoms with van der Waals surface area (Å²) in [6.45, 7) is 0. The van der Waals surface area contributed by atoms with Gasteiger partial charge >= 0.3 is 6.18 Å². The summed E-state index contributed by atoms with van der Waals surface area (Å²) in [6.07, 6.45) is -1.41. The molecule has 3 aromatic heterocycles. The maximum atomic E-state index is 12.9. The second-order valence-electron chi connectivity index (χ2n) is 3.77. The molecule has 0 amide bonds. The number of rotatable bonds is 2. The summed E-state index contributed by atoms with van der Waals surface area (Å²) in [7, 11) is 0. The monoisotopic (exact) mass is 332 g/mol. The molecular formula is C11H4ClF3N4OS. The number of nitrogens with zero attached hydrogens (tertiary/aromatic N) is 4. The second kappa shape index (κ2) is 5.08. The van der Waals surface area contributed by atoms with Crippen LogP contribution in [0.5, 0.6) is 11.6 Å². The molecule has 3 aromatic rings. The highest BCUT2D eigenvalue weighted by molar-refractivity contribution is 7.21. The minimum absolute atomic E-state index is 0.110. The van der Waals surface area contributed by atoms with E-state index in [1.54, 1.807) is 0 Å². The summed E-state index contributed by atoms with van der Waals surface area (Å²) in [5, 5.41) is 0. The first-order valence-corrected chi connectivity index (χ1v) is 6.60. The Balaban J connectivity index is 2.07. The van der Waals surface area contributed by atoms with Crippen molar-refractivity contribution in [1.29, 1.82) is 0 Å². The van der Waals surface area contributed by atoms with Crippen molar-refractivity contribution in [3.63, 3.8) is 0 Å². The van der Waals surface area contributed by atoms with Gasteiger partial charge in [-0.25, -0.2) is 9.97 Å². The second-order valence-corrected chi connectivity index (χ2v) is 5.33. The normalized spacial score (nSPS) is 11.8. The van der Waals surface area contributed by atoms with E-state index < -0.39 is 17.5 Å². The van der Waals surface area contributed by atoms with Crippen LogP contribution in [0.25, 0.3) is 10.3 Å². The molecule has 0 aromatic carbocycles. The van der Waals surface area contributed by atoms with Crippen molar-refractivity contribution in [2.24, 2.45) is 0 Å². The quantitative estimate of drug-likeness (QED) is 0.711. The summed E-state index contributed by atoms with van der Waals surface area (Å²) in [5.41, 5.74) is -0.755. The maximum Gasteiger partial charge on any atom is 0.420 e. The lowest BCUT2D eigenvalue weighted by Gasteiger charge is -2.12. The Hall–Kier alpha value is -2.00. The molecule has 0 spiro atoms. The molecule has 0 fully saturated rings. The molecule has 0 saturated carbocycles. The van der Waals surface area contributed by atoms with Crippen LogP contribution in [0.2, 0.25) is 4.47 Å². The first-order chi connectivity index (χ1) is 9.95. The third kappa shape index (κ3) is 2.74. The number of aromatic nitrogens is 4. The Bertz CT molecular complexity index is 808. The van der Waals surface area contributed by atoms with Gasteiger partial charge in [-0.2, -0.15) is 18.2 Å².